The van der Waals surface area contributed by atoms with Gasteiger partial charge in [-0.2, -0.15) is 13.2 Å². The van der Waals surface area contributed by atoms with Gasteiger partial charge in [0, 0.05) is 16.8 Å². The second-order valence-corrected chi connectivity index (χ2v) is 8.78. The number of nitrogens with one attached hydrogen (secondary N) is 1. The van der Waals surface area contributed by atoms with Gasteiger partial charge in [-0.15, -0.1) is 10.2 Å². The molecule has 6 nitrogen and oxygen atoms in total. The molecule has 2 fully saturated rings. The van der Waals surface area contributed by atoms with Gasteiger partial charge in [-0.3, -0.25) is 4.79 Å². The van der Waals surface area contributed by atoms with E-state index in [4.69, 9.17) is 0 Å². The molecule has 35 heavy (non-hydrogen) atoms. The molecule has 0 bridgehead atoms. The molecule has 0 radical (unpaired) electrons. The molecular formula is C24H16F5N5O. The van der Waals surface area contributed by atoms with Crippen LogP contribution in [0.25, 0.3) is 22.3 Å². The van der Waals surface area contributed by atoms with E-state index in [2.05, 4.69) is 20.2 Å². The van der Waals surface area contributed by atoms with Gasteiger partial charge in [-0.05, 0) is 61.2 Å². The highest BCUT2D eigenvalue weighted by Crippen LogP contribution is 2.55. The van der Waals surface area contributed by atoms with Crippen LogP contribution in [0.4, 0.5) is 27.6 Å². The Labute approximate surface area is 194 Å². The predicted molar refractivity (Wildman–Crippen MR) is 115 cm³/mol. The Morgan fingerprint density at radius 3 is 2.34 bits per heavy atom. The Hall–Kier alpha value is -3.89. The molecule has 6 rings (SSSR count). The minimum atomic E-state index is -4.68. The average molecular weight is 485 g/mol. The summed E-state index contributed by atoms with van der Waals surface area (Å²) in [4.78, 5) is 21.6. The van der Waals surface area contributed by atoms with E-state index in [0.29, 0.717) is 22.8 Å². The number of halogens is 5. The molecular weight excluding hydrogens is 469 g/mol. The fourth-order valence-corrected chi connectivity index (χ4v) is 4.75. The molecule has 2 aromatic carbocycles. The van der Waals surface area contributed by atoms with E-state index >= 15 is 8.78 Å². The van der Waals surface area contributed by atoms with Gasteiger partial charge >= 0.3 is 6.18 Å². The maximum atomic E-state index is 15.4. The van der Waals surface area contributed by atoms with Gasteiger partial charge in [0.25, 0.3) is 0 Å². The predicted octanol–water partition coefficient (Wildman–Crippen LogP) is 5.43. The number of carbonyl (C=O) groups is 1. The molecule has 4 aromatic rings. The first-order chi connectivity index (χ1) is 16.7. The summed E-state index contributed by atoms with van der Waals surface area (Å²) in [7, 11) is 0. The van der Waals surface area contributed by atoms with Crippen LogP contribution >= 0.6 is 0 Å². The summed E-state index contributed by atoms with van der Waals surface area (Å²) < 4.78 is 69.1. The van der Waals surface area contributed by atoms with Gasteiger partial charge in [0.05, 0.1) is 35.0 Å². The number of hydrogen-bond donors (Lipinski definition) is 1. The fourth-order valence-electron chi connectivity index (χ4n) is 4.75. The Morgan fingerprint density at radius 1 is 0.971 bits per heavy atom. The number of fused-ring (bicyclic) bond motifs is 1. The van der Waals surface area contributed by atoms with Gasteiger partial charge in [-0.25, -0.2) is 13.8 Å². The van der Waals surface area contributed by atoms with E-state index in [1.54, 1.807) is 18.2 Å². The van der Waals surface area contributed by atoms with Gasteiger partial charge in [0.1, 0.15) is 11.6 Å². The molecule has 11 heteroatoms. The van der Waals surface area contributed by atoms with Crippen LogP contribution in [0, 0.1) is 23.5 Å². The van der Waals surface area contributed by atoms with Crippen LogP contribution in [-0.2, 0) is 11.0 Å². The topological polar surface area (TPSA) is 74.8 Å². The lowest BCUT2D eigenvalue weighted by atomic mass is 9.78. The van der Waals surface area contributed by atoms with Gasteiger partial charge in [-0.1, -0.05) is 0 Å². The average Bonchev–Trinajstić information content (AvgIpc) is 3.52. The van der Waals surface area contributed by atoms with E-state index in [9.17, 15) is 18.0 Å². The monoisotopic (exact) mass is 485 g/mol. The SMILES string of the molecule is O=C1C(C2CC2)[C@H](c2c(F)cc(-c3ccc(C(F)(F)F)nn3)cc2F)N1c1ccc2nc[nH]c2c1. The number of H-pyrrole nitrogens is 1. The highest BCUT2D eigenvalue weighted by molar-refractivity contribution is 6.04. The smallest absolute Gasteiger partial charge is 0.345 e. The van der Waals surface area contributed by atoms with Crippen molar-refractivity contribution in [1.82, 2.24) is 20.2 Å². The second kappa shape index (κ2) is 7.56. The number of carbonyl (C=O) groups excluding carboxylic acids is 1. The molecule has 1 aliphatic heterocycles. The fraction of sp³-hybridized carbons (Fsp3) is 0.250. The normalized spacial score (nSPS) is 20.4. The number of benzene rings is 2. The van der Waals surface area contributed by atoms with Crippen molar-refractivity contribution in [2.24, 2.45) is 11.8 Å². The first-order valence-corrected chi connectivity index (χ1v) is 10.9. The molecule has 1 N–H and O–H groups in total. The summed E-state index contributed by atoms with van der Waals surface area (Å²) in [6, 6.07) is 8.00. The van der Waals surface area contributed by atoms with Crippen molar-refractivity contribution in [3.05, 3.63) is 71.7 Å². The number of nitrogens with zero attached hydrogens (tertiary/aromatic N) is 4. The number of anilines is 1. The van der Waals surface area contributed by atoms with Crippen molar-refractivity contribution in [2.45, 2.75) is 25.1 Å². The highest BCUT2D eigenvalue weighted by Gasteiger charge is 2.56. The Morgan fingerprint density at radius 2 is 1.71 bits per heavy atom. The summed E-state index contributed by atoms with van der Waals surface area (Å²) in [5, 5.41) is 6.60. The van der Waals surface area contributed by atoms with Crippen molar-refractivity contribution in [1.29, 1.82) is 0 Å². The van der Waals surface area contributed by atoms with E-state index < -0.39 is 35.5 Å². The van der Waals surface area contributed by atoms with Gasteiger partial charge in [0.15, 0.2) is 5.69 Å². The van der Waals surface area contributed by atoms with Crippen LogP contribution in [0.1, 0.15) is 30.1 Å². The molecule has 2 atom stereocenters. The number of imidazole rings is 1. The first kappa shape index (κ1) is 21.6. The first-order valence-electron chi connectivity index (χ1n) is 10.9. The maximum Gasteiger partial charge on any atom is 0.435 e. The molecule has 0 spiro atoms. The standard InChI is InChI=1S/C24H16F5N5O/c25-14-7-12(16-5-6-19(33-32-16)24(27,28)29)8-15(26)21(14)22-20(11-1-2-11)23(35)34(22)13-3-4-17-18(9-13)31-10-30-17/h3-11,20,22H,1-2H2,(H,30,31)/t20?,22-/m1/s1. The zero-order valence-corrected chi connectivity index (χ0v) is 17.9. The third-order valence-corrected chi connectivity index (χ3v) is 6.58. The third kappa shape index (κ3) is 3.53. The number of β-lactam (4-membered cyclic amide) rings is 1. The Kier molecular flexibility index (Phi) is 4.67. The lowest BCUT2D eigenvalue weighted by Gasteiger charge is -2.48. The number of amides is 1. The van der Waals surface area contributed by atoms with Crippen molar-refractivity contribution in [3.63, 3.8) is 0 Å². The molecule has 1 aliphatic carbocycles. The highest BCUT2D eigenvalue weighted by atomic mass is 19.4. The zero-order chi connectivity index (χ0) is 24.5. The number of aromatic nitrogens is 4. The van der Waals surface area contributed by atoms with Crippen LogP contribution in [-0.4, -0.2) is 26.1 Å². The van der Waals surface area contributed by atoms with Crippen LogP contribution < -0.4 is 4.90 Å². The number of rotatable bonds is 4. The molecule has 2 aromatic heterocycles. The lowest BCUT2D eigenvalue weighted by molar-refractivity contribution is -0.141. The molecule has 2 aliphatic rings. The maximum absolute atomic E-state index is 15.4. The minimum Gasteiger partial charge on any atom is -0.345 e. The van der Waals surface area contributed by atoms with E-state index in [1.807, 2.05) is 0 Å². The number of alkyl halides is 3. The molecule has 1 amide bonds. The van der Waals surface area contributed by atoms with Gasteiger partial charge < -0.3 is 9.88 Å². The van der Waals surface area contributed by atoms with Crippen molar-refractivity contribution < 1.29 is 26.7 Å². The van der Waals surface area contributed by atoms with Crippen LogP contribution in [0.2, 0.25) is 0 Å². The third-order valence-electron chi connectivity index (χ3n) is 6.58. The number of hydrogen-bond acceptors (Lipinski definition) is 4. The summed E-state index contributed by atoms with van der Waals surface area (Å²) in [6.07, 6.45) is -1.55. The van der Waals surface area contributed by atoms with Gasteiger partial charge in [0.2, 0.25) is 5.91 Å². The summed E-state index contributed by atoms with van der Waals surface area (Å²) in [5.41, 5.74) is 0.248. The summed E-state index contributed by atoms with van der Waals surface area (Å²) in [5.74, 6) is -2.50. The Balaban J connectivity index is 1.39. The largest absolute Gasteiger partial charge is 0.435 e. The van der Waals surface area contributed by atoms with Crippen LogP contribution in [0.5, 0.6) is 0 Å². The van der Waals surface area contributed by atoms with E-state index in [-0.39, 0.29) is 28.6 Å². The molecule has 1 saturated heterocycles. The van der Waals surface area contributed by atoms with Crippen LogP contribution in [0.15, 0.2) is 48.8 Å². The summed E-state index contributed by atoms with van der Waals surface area (Å²) in [6.45, 7) is 0. The molecule has 1 unspecified atom stereocenters. The van der Waals surface area contributed by atoms with E-state index in [0.717, 1.165) is 31.0 Å². The molecule has 3 heterocycles. The Bertz CT molecular complexity index is 1440. The second-order valence-electron chi connectivity index (χ2n) is 8.78. The zero-order valence-electron chi connectivity index (χ0n) is 17.9. The van der Waals surface area contributed by atoms with E-state index in [1.165, 1.54) is 11.2 Å². The number of aromatic amines is 1. The lowest BCUT2D eigenvalue weighted by Crippen LogP contribution is -2.56. The molecule has 1 saturated carbocycles. The van der Waals surface area contributed by atoms with Crippen LogP contribution in [0.3, 0.4) is 0 Å². The van der Waals surface area contributed by atoms with Crippen molar-refractivity contribution in [3.8, 4) is 11.3 Å². The minimum absolute atomic E-state index is 0.0518. The summed E-state index contributed by atoms with van der Waals surface area (Å²) >= 11 is 0. The van der Waals surface area contributed by atoms with Crippen molar-refractivity contribution >= 4 is 22.6 Å². The van der Waals surface area contributed by atoms with Crippen molar-refractivity contribution in [2.75, 3.05) is 4.90 Å². The molecule has 178 valence electrons. The quantitative estimate of drug-likeness (QED) is 0.309.